The van der Waals surface area contributed by atoms with Crippen LogP contribution in [0.4, 0.5) is 0 Å². The van der Waals surface area contributed by atoms with Crippen LogP contribution >= 0.6 is 0 Å². The second-order valence-corrected chi connectivity index (χ2v) is 8.49. The zero-order valence-corrected chi connectivity index (χ0v) is 18.8. The number of aryl methyl sites for hydroxylation is 1. The number of carbonyl (C=O) groups excluding carboxylic acids is 3. The first-order chi connectivity index (χ1) is 16.0. The quantitative estimate of drug-likeness (QED) is 0.440. The van der Waals surface area contributed by atoms with Crippen molar-refractivity contribution < 1.29 is 19.1 Å². The minimum absolute atomic E-state index is 0.149. The van der Waals surface area contributed by atoms with E-state index in [0.29, 0.717) is 12.0 Å². The number of para-hydroxylation sites is 1. The molecule has 1 aromatic heterocycles. The highest BCUT2D eigenvalue weighted by Gasteiger charge is 2.24. The molecule has 1 unspecified atom stereocenters. The van der Waals surface area contributed by atoms with Crippen molar-refractivity contribution in [3.63, 3.8) is 0 Å². The molecule has 6 heteroatoms. The number of aromatic nitrogens is 1. The molecule has 1 aliphatic rings. The lowest BCUT2D eigenvalue weighted by Crippen LogP contribution is -2.43. The molecule has 1 amide bonds. The molecule has 6 nitrogen and oxygen atoms in total. The number of nitrogens with one attached hydrogen (secondary N) is 1. The first-order valence-electron chi connectivity index (χ1n) is 11.4. The number of rotatable bonds is 7. The van der Waals surface area contributed by atoms with E-state index in [4.69, 9.17) is 9.72 Å². The number of hydrogen-bond acceptors (Lipinski definition) is 5. The summed E-state index contributed by atoms with van der Waals surface area (Å²) in [5, 5.41) is 3.45. The summed E-state index contributed by atoms with van der Waals surface area (Å²) in [5.41, 5.74) is 4.09. The fourth-order valence-corrected chi connectivity index (χ4v) is 4.37. The van der Waals surface area contributed by atoms with Crippen molar-refractivity contribution in [2.75, 3.05) is 6.61 Å². The van der Waals surface area contributed by atoms with Crippen LogP contribution in [0.1, 0.15) is 53.4 Å². The van der Waals surface area contributed by atoms with Crippen molar-refractivity contribution >= 4 is 28.6 Å². The van der Waals surface area contributed by atoms with Crippen LogP contribution < -0.4 is 5.32 Å². The van der Waals surface area contributed by atoms with Crippen LogP contribution in [-0.2, 0) is 33.6 Å². The molecule has 4 rings (SSSR count). The summed E-state index contributed by atoms with van der Waals surface area (Å²) >= 11 is 0. The molecule has 170 valence electrons. The molecule has 0 fully saturated rings. The molecule has 0 bridgehead atoms. The largest absolute Gasteiger partial charge is 0.452 e. The van der Waals surface area contributed by atoms with Crippen molar-refractivity contribution in [2.45, 2.75) is 51.5 Å². The number of carbonyl (C=O) groups is 3. The van der Waals surface area contributed by atoms with Gasteiger partial charge in [0.05, 0.1) is 17.1 Å². The van der Waals surface area contributed by atoms with E-state index in [1.165, 1.54) is 6.92 Å². The first kappa shape index (κ1) is 22.6. The van der Waals surface area contributed by atoms with E-state index >= 15 is 0 Å². The molecule has 0 radical (unpaired) electrons. The molecule has 3 aromatic rings. The average Bonchev–Trinajstić information content (AvgIpc) is 3.06. The molecule has 0 saturated carbocycles. The minimum Gasteiger partial charge on any atom is -0.452 e. The highest BCUT2D eigenvalue weighted by Crippen LogP contribution is 2.29. The van der Waals surface area contributed by atoms with E-state index in [0.717, 1.165) is 59.8 Å². The highest BCUT2D eigenvalue weighted by atomic mass is 16.5. The summed E-state index contributed by atoms with van der Waals surface area (Å²) in [6, 6.07) is 16.3. The molecule has 0 spiro atoms. The maximum atomic E-state index is 13.2. The molecule has 1 heterocycles. The van der Waals surface area contributed by atoms with Gasteiger partial charge >= 0.3 is 5.97 Å². The van der Waals surface area contributed by atoms with Crippen LogP contribution in [0.5, 0.6) is 0 Å². The van der Waals surface area contributed by atoms with Gasteiger partial charge in [-0.2, -0.15) is 0 Å². The highest BCUT2D eigenvalue weighted by molar-refractivity contribution is 6.05. The van der Waals surface area contributed by atoms with Gasteiger partial charge in [0, 0.05) is 11.1 Å². The SMILES string of the molecule is CC(=O)C(Cc1ccccc1)NC(=O)COC(=O)c1c2c(nc3ccccc13)CCCCC2. The second-order valence-electron chi connectivity index (χ2n) is 8.49. The molecule has 1 aliphatic carbocycles. The Bertz CT molecular complexity index is 1170. The van der Waals surface area contributed by atoms with Crippen molar-refractivity contribution in [1.29, 1.82) is 0 Å². The van der Waals surface area contributed by atoms with Crippen LogP contribution in [0, 0.1) is 0 Å². The third kappa shape index (κ3) is 5.45. The van der Waals surface area contributed by atoms with E-state index < -0.39 is 24.5 Å². The molecule has 1 atom stereocenters. The van der Waals surface area contributed by atoms with Gasteiger partial charge in [0.25, 0.3) is 5.91 Å². The lowest BCUT2D eigenvalue weighted by molar-refractivity contribution is -0.128. The summed E-state index contributed by atoms with van der Waals surface area (Å²) in [7, 11) is 0. The Kier molecular flexibility index (Phi) is 7.13. The number of benzene rings is 2. The van der Waals surface area contributed by atoms with Gasteiger partial charge in [-0.05, 0) is 56.2 Å². The maximum Gasteiger partial charge on any atom is 0.339 e. The van der Waals surface area contributed by atoms with Crippen LogP contribution in [-0.4, -0.2) is 35.3 Å². The van der Waals surface area contributed by atoms with Gasteiger partial charge in [0.15, 0.2) is 12.4 Å². The molecular formula is C27H28N2O4. The van der Waals surface area contributed by atoms with E-state index in [1.54, 1.807) is 0 Å². The van der Waals surface area contributed by atoms with E-state index in [2.05, 4.69) is 5.32 Å². The van der Waals surface area contributed by atoms with Crippen molar-refractivity contribution in [2.24, 2.45) is 0 Å². The van der Waals surface area contributed by atoms with E-state index in [1.807, 2.05) is 54.6 Å². The summed E-state index contributed by atoms with van der Waals surface area (Å²) in [6.07, 6.45) is 5.13. The molecular weight excluding hydrogens is 416 g/mol. The van der Waals surface area contributed by atoms with Gasteiger partial charge in [-0.15, -0.1) is 0 Å². The maximum absolute atomic E-state index is 13.2. The molecule has 33 heavy (non-hydrogen) atoms. The van der Waals surface area contributed by atoms with Crippen molar-refractivity contribution in [1.82, 2.24) is 10.3 Å². The summed E-state index contributed by atoms with van der Waals surface area (Å²) in [4.78, 5) is 42.5. The first-order valence-corrected chi connectivity index (χ1v) is 11.4. The molecule has 0 aliphatic heterocycles. The number of amides is 1. The minimum atomic E-state index is -0.670. The number of Topliss-reactive ketones (excluding diaryl/α,β-unsaturated/α-hetero) is 1. The molecule has 0 saturated heterocycles. The summed E-state index contributed by atoms with van der Waals surface area (Å²) < 4.78 is 5.45. The van der Waals surface area contributed by atoms with Gasteiger partial charge in [0.1, 0.15) is 0 Å². The van der Waals surface area contributed by atoms with Crippen LogP contribution in [0.25, 0.3) is 10.9 Å². The second kappa shape index (κ2) is 10.4. The fourth-order valence-electron chi connectivity index (χ4n) is 4.37. The monoisotopic (exact) mass is 444 g/mol. The Morgan fingerprint density at radius 1 is 0.970 bits per heavy atom. The van der Waals surface area contributed by atoms with Gasteiger partial charge in [-0.25, -0.2) is 4.79 Å². The van der Waals surface area contributed by atoms with E-state index in [9.17, 15) is 14.4 Å². The number of ether oxygens (including phenoxy) is 1. The predicted molar refractivity (Wildman–Crippen MR) is 126 cm³/mol. The summed E-state index contributed by atoms with van der Waals surface area (Å²) in [5.74, 6) is -1.17. The Balaban J connectivity index is 1.49. The number of fused-ring (bicyclic) bond motifs is 2. The van der Waals surface area contributed by atoms with Gasteiger partial charge in [0.2, 0.25) is 0 Å². The number of nitrogens with zero attached hydrogens (tertiary/aromatic N) is 1. The Labute approximate surface area is 193 Å². The Morgan fingerprint density at radius 3 is 2.48 bits per heavy atom. The lowest BCUT2D eigenvalue weighted by Gasteiger charge is -2.17. The Hall–Kier alpha value is -3.54. The van der Waals surface area contributed by atoms with Gasteiger partial charge < -0.3 is 10.1 Å². The third-order valence-electron chi connectivity index (χ3n) is 6.07. The zero-order chi connectivity index (χ0) is 23.2. The average molecular weight is 445 g/mol. The van der Waals surface area contributed by atoms with Crippen LogP contribution in [0.3, 0.4) is 0 Å². The smallest absolute Gasteiger partial charge is 0.339 e. The predicted octanol–water partition coefficient (Wildman–Crippen LogP) is 3.98. The molecule has 2 aromatic carbocycles. The Morgan fingerprint density at radius 2 is 1.70 bits per heavy atom. The third-order valence-corrected chi connectivity index (χ3v) is 6.07. The van der Waals surface area contributed by atoms with Crippen molar-refractivity contribution in [3.8, 4) is 0 Å². The number of esters is 1. The number of hydrogen-bond donors (Lipinski definition) is 1. The number of ketones is 1. The topological polar surface area (TPSA) is 85.4 Å². The van der Waals surface area contributed by atoms with Crippen LogP contribution in [0.2, 0.25) is 0 Å². The number of pyridine rings is 1. The van der Waals surface area contributed by atoms with Gasteiger partial charge in [-0.1, -0.05) is 55.0 Å². The molecule has 1 N–H and O–H groups in total. The zero-order valence-electron chi connectivity index (χ0n) is 18.8. The van der Waals surface area contributed by atoms with E-state index in [-0.39, 0.29) is 5.78 Å². The normalized spacial score (nSPS) is 14.1. The van der Waals surface area contributed by atoms with Gasteiger partial charge in [-0.3, -0.25) is 14.6 Å². The standard InChI is InChI=1S/C27H28N2O4/c1-18(30)24(16-19-10-4-2-5-11-19)29-25(31)17-33-27(32)26-20-12-6-3-7-14-22(20)28-23-15-9-8-13-21(23)26/h2,4-5,8-11,13,15,24H,3,6-7,12,14,16-17H2,1H3,(H,29,31). The fraction of sp³-hybridized carbons (Fsp3) is 0.333. The lowest BCUT2D eigenvalue weighted by atomic mass is 9.97. The van der Waals surface area contributed by atoms with Crippen molar-refractivity contribution in [3.05, 3.63) is 77.0 Å². The van der Waals surface area contributed by atoms with Crippen LogP contribution in [0.15, 0.2) is 54.6 Å². The summed E-state index contributed by atoms with van der Waals surface area (Å²) in [6.45, 7) is 1.00.